The minimum atomic E-state index is 0.582. The van der Waals surface area contributed by atoms with Gasteiger partial charge in [0.25, 0.3) is 0 Å². The van der Waals surface area contributed by atoms with E-state index in [9.17, 15) is 0 Å². The summed E-state index contributed by atoms with van der Waals surface area (Å²) in [6.45, 7) is 9.46. The number of rotatable bonds is 4. The van der Waals surface area contributed by atoms with E-state index in [1.54, 1.807) is 0 Å². The molecule has 18 heavy (non-hydrogen) atoms. The third-order valence-electron chi connectivity index (χ3n) is 2.62. The Bertz CT molecular complexity index is 566. The molecule has 0 bridgehead atoms. The molecule has 2 N–H and O–H groups in total. The van der Waals surface area contributed by atoms with E-state index in [0.717, 1.165) is 35.8 Å². The molecule has 2 heterocycles. The van der Waals surface area contributed by atoms with E-state index in [2.05, 4.69) is 30.6 Å². The average molecular weight is 246 g/mol. The van der Waals surface area contributed by atoms with Crippen LogP contribution in [-0.2, 0) is 0 Å². The highest BCUT2D eigenvalue weighted by Crippen LogP contribution is 2.19. The standard InChI is InChI=1S/C12H18N6/c1-5-13-10-9-11(16-8(4)7(3)15-9)18-12(17-10)14-6-2/h5-6H2,1-4H3,(H2,13,14,16,17,18). The van der Waals surface area contributed by atoms with E-state index >= 15 is 0 Å². The number of hydrogen-bond donors (Lipinski definition) is 2. The second-order valence-corrected chi connectivity index (χ2v) is 4.02. The van der Waals surface area contributed by atoms with Crippen molar-refractivity contribution in [3.05, 3.63) is 11.4 Å². The van der Waals surface area contributed by atoms with Gasteiger partial charge in [-0.15, -0.1) is 0 Å². The highest BCUT2D eigenvalue weighted by Gasteiger charge is 2.11. The predicted octanol–water partition coefficient (Wildman–Crippen LogP) is 1.90. The minimum Gasteiger partial charge on any atom is -0.368 e. The van der Waals surface area contributed by atoms with Crippen LogP contribution >= 0.6 is 0 Å². The van der Waals surface area contributed by atoms with Gasteiger partial charge in [0, 0.05) is 13.1 Å². The molecule has 0 aliphatic carbocycles. The second-order valence-electron chi connectivity index (χ2n) is 4.02. The van der Waals surface area contributed by atoms with E-state index < -0.39 is 0 Å². The number of aryl methyl sites for hydroxylation is 2. The van der Waals surface area contributed by atoms with Gasteiger partial charge < -0.3 is 10.6 Å². The van der Waals surface area contributed by atoms with Crippen LogP contribution < -0.4 is 10.6 Å². The van der Waals surface area contributed by atoms with Gasteiger partial charge in [0.15, 0.2) is 17.0 Å². The average Bonchev–Trinajstić information content (AvgIpc) is 2.32. The molecule has 2 aromatic heterocycles. The fourth-order valence-corrected chi connectivity index (χ4v) is 1.64. The SMILES string of the molecule is CCNc1nc(NCC)c2nc(C)c(C)nc2n1. The fraction of sp³-hybridized carbons (Fsp3) is 0.500. The van der Waals surface area contributed by atoms with Crippen molar-refractivity contribution in [1.82, 2.24) is 19.9 Å². The second kappa shape index (κ2) is 5.12. The first-order chi connectivity index (χ1) is 8.65. The van der Waals surface area contributed by atoms with Gasteiger partial charge in [-0.05, 0) is 27.7 Å². The Balaban J connectivity index is 2.64. The van der Waals surface area contributed by atoms with Crippen LogP contribution in [0.3, 0.4) is 0 Å². The zero-order valence-corrected chi connectivity index (χ0v) is 11.2. The molecular formula is C12H18N6. The first kappa shape index (κ1) is 12.5. The third-order valence-corrected chi connectivity index (χ3v) is 2.62. The summed E-state index contributed by atoms with van der Waals surface area (Å²) in [4.78, 5) is 17.8. The van der Waals surface area contributed by atoms with Gasteiger partial charge in [-0.25, -0.2) is 9.97 Å². The summed E-state index contributed by atoms with van der Waals surface area (Å²) >= 11 is 0. The van der Waals surface area contributed by atoms with Crippen LogP contribution in [0.4, 0.5) is 11.8 Å². The Labute approximate surface area is 106 Å². The summed E-state index contributed by atoms with van der Waals surface area (Å²) in [5.41, 5.74) is 3.15. The summed E-state index contributed by atoms with van der Waals surface area (Å²) < 4.78 is 0. The topological polar surface area (TPSA) is 75.6 Å². The van der Waals surface area contributed by atoms with E-state index in [1.165, 1.54) is 0 Å². The third kappa shape index (κ3) is 2.32. The Morgan fingerprint density at radius 3 is 2.17 bits per heavy atom. The van der Waals surface area contributed by atoms with E-state index in [0.29, 0.717) is 11.6 Å². The lowest BCUT2D eigenvalue weighted by Crippen LogP contribution is -2.09. The summed E-state index contributed by atoms with van der Waals surface area (Å²) in [5, 5.41) is 6.30. The van der Waals surface area contributed by atoms with Gasteiger partial charge in [0.05, 0.1) is 11.4 Å². The molecule has 96 valence electrons. The number of nitrogens with one attached hydrogen (secondary N) is 2. The van der Waals surface area contributed by atoms with Crippen molar-refractivity contribution in [2.24, 2.45) is 0 Å². The molecule has 0 unspecified atom stereocenters. The van der Waals surface area contributed by atoms with Crippen molar-refractivity contribution >= 4 is 22.9 Å². The molecule has 0 spiro atoms. The summed E-state index contributed by atoms with van der Waals surface area (Å²) in [7, 11) is 0. The zero-order chi connectivity index (χ0) is 13.1. The van der Waals surface area contributed by atoms with E-state index in [1.807, 2.05) is 27.7 Å². The van der Waals surface area contributed by atoms with Crippen molar-refractivity contribution in [2.45, 2.75) is 27.7 Å². The maximum atomic E-state index is 4.52. The first-order valence-corrected chi connectivity index (χ1v) is 6.16. The van der Waals surface area contributed by atoms with Gasteiger partial charge in [-0.2, -0.15) is 9.97 Å². The van der Waals surface area contributed by atoms with Crippen LogP contribution in [0.15, 0.2) is 0 Å². The monoisotopic (exact) mass is 246 g/mol. The van der Waals surface area contributed by atoms with Crippen molar-refractivity contribution in [3.63, 3.8) is 0 Å². The number of anilines is 2. The maximum Gasteiger partial charge on any atom is 0.226 e. The van der Waals surface area contributed by atoms with Crippen LogP contribution in [0.25, 0.3) is 11.2 Å². The zero-order valence-electron chi connectivity index (χ0n) is 11.2. The van der Waals surface area contributed by atoms with Crippen molar-refractivity contribution in [1.29, 1.82) is 0 Å². The van der Waals surface area contributed by atoms with E-state index in [-0.39, 0.29) is 0 Å². The highest BCUT2D eigenvalue weighted by atomic mass is 15.2. The molecule has 0 atom stereocenters. The van der Waals surface area contributed by atoms with Gasteiger partial charge in [0.1, 0.15) is 0 Å². The summed E-state index contributed by atoms with van der Waals surface area (Å²) in [5.74, 6) is 1.31. The highest BCUT2D eigenvalue weighted by molar-refractivity contribution is 5.83. The largest absolute Gasteiger partial charge is 0.368 e. The molecule has 2 rings (SSSR count). The molecule has 2 aromatic rings. The Morgan fingerprint density at radius 1 is 0.833 bits per heavy atom. The first-order valence-electron chi connectivity index (χ1n) is 6.16. The van der Waals surface area contributed by atoms with Gasteiger partial charge in [-0.1, -0.05) is 0 Å². The lowest BCUT2D eigenvalue weighted by molar-refractivity contribution is 1.03. The number of hydrogen-bond acceptors (Lipinski definition) is 6. The van der Waals surface area contributed by atoms with Crippen LogP contribution in [0, 0.1) is 13.8 Å². The molecule has 0 radical (unpaired) electrons. The smallest absolute Gasteiger partial charge is 0.226 e. The molecule has 0 saturated carbocycles. The van der Waals surface area contributed by atoms with Gasteiger partial charge in [0.2, 0.25) is 5.95 Å². The molecule has 6 heteroatoms. The molecular weight excluding hydrogens is 228 g/mol. The van der Waals surface area contributed by atoms with E-state index in [4.69, 9.17) is 0 Å². The molecule has 0 fully saturated rings. The van der Waals surface area contributed by atoms with Crippen molar-refractivity contribution < 1.29 is 0 Å². The molecule has 0 amide bonds. The maximum absolute atomic E-state index is 4.52. The van der Waals surface area contributed by atoms with Gasteiger partial charge in [-0.3, -0.25) is 0 Å². The Kier molecular flexibility index (Phi) is 3.55. The van der Waals surface area contributed by atoms with Crippen LogP contribution in [0.1, 0.15) is 25.2 Å². The quantitative estimate of drug-likeness (QED) is 0.858. The Morgan fingerprint density at radius 2 is 1.50 bits per heavy atom. The van der Waals surface area contributed by atoms with Gasteiger partial charge >= 0.3 is 0 Å². The molecule has 6 nitrogen and oxygen atoms in total. The van der Waals surface area contributed by atoms with Crippen LogP contribution in [0.2, 0.25) is 0 Å². The van der Waals surface area contributed by atoms with Crippen LogP contribution in [0.5, 0.6) is 0 Å². The summed E-state index contributed by atoms with van der Waals surface area (Å²) in [6, 6.07) is 0. The molecule has 0 aliphatic heterocycles. The predicted molar refractivity (Wildman–Crippen MR) is 72.9 cm³/mol. The lowest BCUT2D eigenvalue weighted by atomic mass is 10.3. The lowest BCUT2D eigenvalue weighted by Gasteiger charge is -2.10. The number of nitrogens with zero attached hydrogens (tertiary/aromatic N) is 4. The van der Waals surface area contributed by atoms with Crippen LogP contribution in [-0.4, -0.2) is 33.0 Å². The Hall–Kier alpha value is -1.98. The minimum absolute atomic E-state index is 0.582. The normalized spacial score (nSPS) is 10.7. The molecule has 0 aromatic carbocycles. The number of fused-ring (bicyclic) bond motifs is 1. The van der Waals surface area contributed by atoms with Crippen molar-refractivity contribution in [3.8, 4) is 0 Å². The molecule has 0 saturated heterocycles. The molecule has 0 aliphatic rings. The number of aromatic nitrogens is 4. The fourth-order valence-electron chi connectivity index (χ4n) is 1.64. The summed E-state index contributed by atoms with van der Waals surface area (Å²) in [6.07, 6.45) is 0. The van der Waals surface area contributed by atoms with Crippen molar-refractivity contribution in [2.75, 3.05) is 23.7 Å².